The minimum Gasteiger partial charge on any atom is -0.497 e. The highest BCUT2D eigenvalue weighted by atomic mass is 16.5. The average Bonchev–Trinajstić information content (AvgIpc) is 3.09. The average molecular weight is 459 g/mol. The van der Waals surface area contributed by atoms with Crippen LogP contribution < -0.4 is 4.74 Å². The van der Waals surface area contributed by atoms with E-state index in [9.17, 15) is 4.79 Å². The van der Waals surface area contributed by atoms with Gasteiger partial charge in [0.2, 0.25) is 0 Å². The summed E-state index contributed by atoms with van der Waals surface area (Å²) in [5.41, 5.74) is 6.28. The maximum absolute atomic E-state index is 13.1. The van der Waals surface area contributed by atoms with Crippen LogP contribution in [0.15, 0.2) is 52.0 Å². The van der Waals surface area contributed by atoms with E-state index in [0.717, 1.165) is 39.4 Å². The van der Waals surface area contributed by atoms with E-state index < -0.39 is 11.5 Å². The molecule has 0 saturated carbocycles. The first-order chi connectivity index (χ1) is 15.9. The Morgan fingerprint density at radius 3 is 2.26 bits per heavy atom. The molecule has 0 bridgehead atoms. The molecule has 4 rings (SSSR count). The Morgan fingerprint density at radius 2 is 1.68 bits per heavy atom. The van der Waals surface area contributed by atoms with Gasteiger partial charge in [0.1, 0.15) is 17.6 Å². The van der Waals surface area contributed by atoms with Gasteiger partial charge >= 0.3 is 0 Å². The maximum Gasteiger partial charge on any atom is 0.169 e. The van der Waals surface area contributed by atoms with Crippen LogP contribution in [0.2, 0.25) is 0 Å². The Labute approximate surface area is 202 Å². The van der Waals surface area contributed by atoms with E-state index in [1.54, 1.807) is 7.11 Å². The van der Waals surface area contributed by atoms with Crippen LogP contribution in [-0.4, -0.2) is 23.8 Å². The predicted molar refractivity (Wildman–Crippen MR) is 136 cm³/mol. The molecule has 34 heavy (non-hydrogen) atoms. The van der Waals surface area contributed by atoms with Crippen molar-refractivity contribution in [2.75, 3.05) is 7.11 Å². The first-order valence-corrected chi connectivity index (χ1v) is 11.8. The SMILES string of the molecule is COc1ccc2c(c1)C(c1ccc(C(C)(C)C)cc1)=N[C@@H](CC(=O)C(C)(C)C)c1onc(C)c1-2. The van der Waals surface area contributed by atoms with Crippen molar-refractivity contribution in [2.24, 2.45) is 10.4 Å². The molecule has 5 nitrogen and oxygen atoms in total. The number of aromatic nitrogens is 1. The van der Waals surface area contributed by atoms with Gasteiger partial charge in [-0.3, -0.25) is 9.79 Å². The van der Waals surface area contributed by atoms with Gasteiger partial charge in [-0.15, -0.1) is 0 Å². The molecule has 178 valence electrons. The molecular weight excluding hydrogens is 424 g/mol. The number of ketones is 1. The topological polar surface area (TPSA) is 64.7 Å². The molecule has 1 aliphatic rings. The lowest BCUT2D eigenvalue weighted by Gasteiger charge is -2.20. The Balaban J connectivity index is 1.95. The number of Topliss-reactive ketones (excluding diaryl/α,β-unsaturated/α-hetero) is 1. The molecule has 1 aromatic heterocycles. The zero-order valence-electron chi connectivity index (χ0n) is 21.4. The third-order valence-electron chi connectivity index (χ3n) is 6.47. The minimum absolute atomic E-state index is 0.0523. The molecule has 5 heteroatoms. The number of fused-ring (bicyclic) bond motifs is 3. The van der Waals surface area contributed by atoms with Gasteiger partial charge in [0.15, 0.2) is 5.76 Å². The van der Waals surface area contributed by atoms with Crippen molar-refractivity contribution in [3.05, 3.63) is 70.6 Å². The maximum atomic E-state index is 13.1. The van der Waals surface area contributed by atoms with Crippen LogP contribution in [0.25, 0.3) is 11.1 Å². The van der Waals surface area contributed by atoms with Crippen LogP contribution in [-0.2, 0) is 10.2 Å². The molecule has 2 aromatic carbocycles. The summed E-state index contributed by atoms with van der Waals surface area (Å²) in [6.45, 7) is 14.4. The summed E-state index contributed by atoms with van der Waals surface area (Å²) in [6, 6.07) is 14.1. The molecule has 0 saturated heterocycles. The van der Waals surface area contributed by atoms with Crippen LogP contribution >= 0.6 is 0 Å². The van der Waals surface area contributed by atoms with Crippen molar-refractivity contribution in [2.45, 2.75) is 66.3 Å². The van der Waals surface area contributed by atoms with Crippen molar-refractivity contribution in [3.8, 4) is 16.9 Å². The second kappa shape index (κ2) is 8.53. The van der Waals surface area contributed by atoms with Crippen molar-refractivity contribution in [3.63, 3.8) is 0 Å². The normalized spacial score (nSPS) is 15.8. The lowest BCUT2D eigenvalue weighted by molar-refractivity contribution is -0.126. The van der Waals surface area contributed by atoms with Crippen LogP contribution in [0.4, 0.5) is 0 Å². The third kappa shape index (κ3) is 4.44. The van der Waals surface area contributed by atoms with E-state index in [1.807, 2.05) is 45.9 Å². The number of nitrogens with zero attached hydrogens (tertiary/aromatic N) is 2. The molecule has 1 aliphatic heterocycles. The molecule has 0 unspecified atom stereocenters. The number of carbonyl (C=O) groups is 1. The lowest BCUT2D eigenvalue weighted by atomic mass is 9.85. The van der Waals surface area contributed by atoms with Crippen LogP contribution in [0.3, 0.4) is 0 Å². The van der Waals surface area contributed by atoms with Gasteiger partial charge in [0, 0.05) is 23.0 Å². The smallest absolute Gasteiger partial charge is 0.169 e. The Morgan fingerprint density at radius 1 is 1.00 bits per heavy atom. The van der Waals surface area contributed by atoms with Gasteiger partial charge in [-0.05, 0) is 41.7 Å². The van der Waals surface area contributed by atoms with Gasteiger partial charge in [0.05, 0.1) is 24.1 Å². The molecule has 0 N–H and O–H groups in total. The highest BCUT2D eigenvalue weighted by molar-refractivity contribution is 6.17. The zero-order valence-corrected chi connectivity index (χ0v) is 21.4. The predicted octanol–water partition coefficient (Wildman–Crippen LogP) is 6.85. The molecular formula is C29H34N2O3. The first kappa shape index (κ1) is 23.9. The van der Waals surface area contributed by atoms with Gasteiger partial charge in [0.25, 0.3) is 0 Å². The fourth-order valence-corrected chi connectivity index (χ4v) is 4.27. The van der Waals surface area contributed by atoms with Crippen LogP contribution in [0, 0.1) is 12.3 Å². The summed E-state index contributed by atoms with van der Waals surface area (Å²) in [4.78, 5) is 18.3. The molecule has 0 fully saturated rings. The number of carbonyl (C=O) groups excluding carboxylic acids is 1. The van der Waals surface area contributed by atoms with Crippen molar-refractivity contribution in [1.29, 1.82) is 0 Å². The zero-order chi connectivity index (χ0) is 24.8. The number of methoxy groups -OCH3 is 1. The van der Waals surface area contributed by atoms with E-state index in [0.29, 0.717) is 5.76 Å². The quantitative estimate of drug-likeness (QED) is 0.429. The van der Waals surface area contributed by atoms with Gasteiger partial charge < -0.3 is 9.26 Å². The summed E-state index contributed by atoms with van der Waals surface area (Å²) < 4.78 is 11.4. The number of hydrogen-bond donors (Lipinski definition) is 0. The number of rotatable bonds is 4. The van der Waals surface area contributed by atoms with Crippen molar-refractivity contribution in [1.82, 2.24) is 5.16 Å². The number of benzene rings is 2. The Bertz CT molecular complexity index is 1250. The highest BCUT2D eigenvalue weighted by Gasteiger charge is 2.34. The van der Waals surface area contributed by atoms with Crippen LogP contribution in [0.1, 0.15) is 82.1 Å². The second-order valence-corrected chi connectivity index (χ2v) is 11.1. The van der Waals surface area contributed by atoms with Gasteiger partial charge in [-0.25, -0.2) is 0 Å². The van der Waals surface area contributed by atoms with E-state index in [1.165, 1.54) is 5.56 Å². The summed E-state index contributed by atoms with van der Waals surface area (Å²) in [6.07, 6.45) is 0.250. The number of hydrogen-bond acceptors (Lipinski definition) is 5. The summed E-state index contributed by atoms with van der Waals surface area (Å²) in [7, 11) is 1.66. The Kier molecular flexibility index (Phi) is 6.01. The molecule has 0 radical (unpaired) electrons. The van der Waals surface area contributed by atoms with Gasteiger partial charge in [-0.2, -0.15) is 0 Å². The summed E-state index contributed by atoms with van der Waals surface area (Å²) in [5.74, 6) is 1.52. The number of aliphatic imine (C=N–C) groups is 1. The number of aryl methyl sites for hydroxylation is 1. The first-order valence-electron chi connectivity index (χ1n) is 11.8. The molecule has 2 heterocycles. The molecule has 0 aliphatic carbocycles. The second-order valence-electron chi connectivity index (χ2n) is 11.1. The fraction of sp³-hybridized carbons (Fsp3) is 0.414. The minimum atomic E-state index is -0.471. The third-order valence-corrected chi connectivity index (χ3v) is 6.47. The summed E-state index contributed by atoms with van der Waals surface area (Å²) >= 11 is 0. The van der Waals surface area contributed by atoms with Crippen molar-refractivity contribution < 1.29 is 14.1 Å². The van der Waals surface area contributed by atoms with Gasteiger partial charge in [-0.1, -0.05) is 71.0 Å². The van der Waals surface area contributed by atoms with Crippen LogP contribution in [0.5, 0.6) is 5.75 Å². The lowest BCUT2D eigenvalue weighted by Crippen LogP contribution is -2.22. The Hall–Kier alpha value is -3.21. The molecule has 3 aromatic rings. The summed E-state index contributed by atoms with van der Waals surface area (Å²) in [5, 5.41) is 4.25. The number of ether oxygens (including phenoxy) is 1. The van der Waals surface area contributed by atoms with E-state index in [4.69, 9.17) is 14.3 Å². The van der Waals surface area contributed by atoms with E-state index >= 15 is 0 Å². The fourth-order valence-electron chi connectivity index (χ4n) is 4.27. The molecule has 0 amide bonds. The van der Waals surface area contributed by atoms with Crippen molar-refractivity contribution >= 4 is 11.5 Å². The van der Waals surface area contributed by atoms with E-state index in [-0.39, 0.29) is 17.6 Å². The van der Waals surface area contributed by atoms with E-state index in [2.05, 4.69) is 50.2 Å². The molecule has 0 spiro atoms. The standard InChI is InChI=1S/C29H34N2O3/c1-17-25-21-14-13-20(33-8)15-22(21)26(18-9-11-19(12-10-18)28(2,3)4)30-23(27(25)34-31-17)16-24(32)29(5,6)7/h9-15,23H,16H2,1-8H3/t23-/m0/s1. The monoisotopic (exact) mass is 458 g/mol. The largest absolute Gasteiger partial charge is 0.497 e. The highest BCUT2D eigenvalue weighted by Crippen LogP contribution is 2.42. The molecule has 1 atom stereocenters.